The standard InChI is InChI=1S/4C4H8O2.2O7Se3/c4*1-2-6-4-3-5-1;2*1-8-5-9(2)7-10(3,4)6-8/h4*1-4H2;;. The van der Waals surface area contributed by atoms with Gasteiger partial charge in [0.05, 0.1) is 106 Å². The molecule has 44 heavy (non-hydrogen) atoms. The molecule has 0 radical (unpaired) electrons. The van der Waals surface area contributed by atoms with Crippen LogP contribution < -0.4 is 0 Å². The Morgan fingerprint density at radius 1 is 0.295 bits per heavy atom. The minimum atomic E-state index is -5.02. The molecule has 0 N–H and O–H groups in total. The fourth-order valence-corrected chi connectivity index (χ4v) is 21.1. The van der Waals surface area contributed by atoms with Crippen molar-refractivity contribution in [3.8, 4) is 0 Å². The Morgan fingerprint density at radius 3 is 0.523 bits per heavy atom. The minimum absolute atomic E-state index is 0.778. The van der Waals surface area contributed by atoms with Crippen molar-refractivity contribution in [1.82, 2.24) is 0 Å². The molecule has 22 nitrogen and oxygen atoms in total. The summed E-state index contributed by atoms with van der Waals surface area (Å²) in [6.07, 6.45) is 0. The van der Waals surface area contributed by atoms with Crippen LogP contribution in [0.5, 0.6) is 0 Å². The molecule has 0 bridgehead atoms. The zero-order valence-electron chi connectivity index (χ0n) is 22.7. The first kappa shape index (κ1) is 43.0. The van der Waals surface area contributed by atoms with Crippen molar-refractivity contribution in [2.75, 3.05) is 106 Å². The van der Waals surface area contributed by atoms with Crippen LogP contribution in [0.3, 0.4) is 0 Å². The van der Waals surface area contributed by atoms with Crippen LogP contribution in [0, 0.1) is 0 Å². The van der Waals surface area contributed by atoms with Crippen molar-refractivity contribution >= 4 is 84.7 Å². The van der Waals surface area contributed by atoms with Gasteiger partial charge in [-0.3, -0.25) is 0 Å². The van der Waals surface area contributed by atoms with E-state index in [2.05, 4.69) is 17.4 Å². The van der Waals surface area contributed by atoms with E-state index in [9.17, 15) is 30.7 Å². The van der Waals surface area contributed by atoms with E-state index in [1.807, 2.05) is 0 Å². The van der Waals surface area contributed by atoms with E-state index in [1.165, 1.54) is 0 Å². The summed E-state index contributed by atoms with van der Waals surface area (Å²) in [6, 6.07) is 0. The number of ether oxygens (including phenoxy) is 8. The van der Waals surface area contributed by atoms with E-state index in [0.29, 0.717) is 0 Å². The fraction of sp³-hybridized carbons (Fsp3) is 1.00. The predicted molar refractivity (Wildman–Crippen MR) is 133 cm³/mol. The first-order chi connectivity index (χ1) is 21.0. The summed E-state index contributed by atoms with van der Waals surface area (Å²) < 4.78 is 145. The molecule has 28 heteroatoms. The van der Waals surface area contributed by atoms with E-state index in [1.54, 1.807) is 0 Å². The second-order valence-electron chi connectivity index (χ2n) is 6.94. The van der Waals surface area contributed by atoms with Gasteiger partial charge < -0.3 is 37.9 Å². The summed E-state index contributed by atoms with van der Waals surface area (Å²) >= 11 is -23.4. The van der Waals surface area contributed by atoms with Gasteiger partial charge in [-0.05, 0) is 0 Å². The molecule has 0 spiro atoms. The molecule has 0 aromatic carbocycles. The van der Waals surface area contributed by atoms with Gasteiger partial charge in [0.1, 0.15) is 0 Å². The van der Waals surface area contributed by atoms with Crippen molar-refractivity contribution in [3.05, 3.63) is 0 Å². The van der Waals surface area contributed by atoms with Crippen molar-refractivity contribution in [2.24, 2.45) is 0 Å². The normalized spacial score (nSPS) is 30.9. The van der Waals surface area contributed by atoms with Crippen LogP contribution in [0.2, 0.25) is 0 Å². The van der Waals surface area contributed by atoms with E-state index in [4.69, 9.17) is 37.9 Å². The summed E-state index contributed by atoms with van der Waals surface area (Å²) in [7, 11) is 0. The van der Waals surface area contributed by atoms with E-state index in [0.717, 1.165) is 106 Å². The summed E-state index contributed by atoms with van der Waals surface area (Å²) in [5.74, 6) is 0. The van der Waals surface area contributed by atoms with Crippen LogP contribution in [0.25, 0.3) is 0 Å². The molecule has 6 heterocycles. The van der Waals surface area contributed by atoms with Gasteiger partial charge in [-0.15, -0.1) is 0 Å². The molecule has 0 aromatic heterocycles. The Bertz CT molecular complexity index is 854. The summed E-state index contributed by atoms with van der Waals surface area (Å²) in [5, 5.41) is 0. The van der Waals surface area contributed by atoms with E-state index >= 15 is 0 Å². The Balaban J connectivity index is 0.000000268. The van der Waals surface area contributed by atoms with Crippen LogP contribution in [0.15, 0.2) is 0 Å². The molecule has 0 amide bonds. The molecular formula is C16H32O22Se6. The average molecular weight is 1050 g/mol. The molecule has 0 atom stereocenters. The second kappa shape index (κ2) is 26.9. The molecule has 264 valence electrons. The first-order valence-corrected chi connectivity index (χ1v) is 25.9. The molecule has 0 aliphatic carbocycles. The molecule has 6 fully saturated rings. The van der Waals surface area contributed by atoms with Gasteiger partial charge in [0.15, 0.2) is 0 Å². The topological polar surface area (TPSA) is 266 Å². The maximum atomic E-state index is 10.3. The van der Waals surface area contributed by atoms with Crippen LogP contribution in [0.4, 0.5) is 0 Å². The van der Waals surface area contributed by atoms with Gasteiger partial charge in [0.25, 0.3) is 0 Å². The Kier molecular flexibility index (Phi) is 26.2. The molecule has 6 aliphatic heterocycles. The molecule has 0 saturated carbocycles. The van der Waals surface area contributed by atoms with E-state index < -0.39 is 84.7 Å². The molecule has 6 rings (SSSR count). The van der Waals surface area contributed by atoms with Gasteiger partial charge in [-0.2, -0.15) is 0 Å². The SMILES string of the molecule is C1COCCO1.C1COCCO1.C1COCCO1.C1COCCO1.O=[Se]1O[Se](=O)O[Se](=O)(=O)O1.O=[Se]1O[Se](=O)O[Se](=O)(=O)O1. The van der Waals surface area contributed by atoms with Crippen LogP contribution in [0.1, 0.15) is 0 Å². The van der Waals surface area contributed by atoms with Gasteiger partial charge in [-0.25, -0.2) is 0 Å². The third-order valence-corrected chi connectivity index (χ3v) is 24.0. The Morgan fingerprint density at radius 2 is 0.432 bits per heavy atom. The Hall–Kier alpha value is 0.957. The van der Waals surface area contributed by atoms with Crippen molar-refractivity contribution in [2.45, 2.75) is 0 Å². The van der Waals surface area contributed by atoms with Crippen molar-refractivity contribution in [3.63, 3.8) is 0 Å². The van der Waals surface area contributed by atoms with Crippen molar-refractivity contribution in [1.29, 1.82) is 0 Å². The van der Waals surface area contributed by atoms with Crippen molar-refractivity contribution < 1.29 is 86.0 Å². The first-order valence-electron chi connectivity index (χ1n) is 12.0. The van der Waals surface area contributed by atoms with Gasteiger partial charge in [-0.1, -0.05) is 0 Å². The molecular weight excluding hydrogens is 1020 g/mol. The van der Waals surface area contributed by atoms with Gasteiger partial charge in [0, 0.05) is 0 Å². The maximum absolute atomic E-state index is 10.3. The Labute approximate surface area is 274 Å². The van der Waals surface area contributed by atoms with E-state index in [-0.39, 0.29) is 0 Å². The van der Waals surface area contributed by atoms with Gasteiger partial charge in [0.2, 0.25) is 0 Å². The zero-order valence-corrected chi connectivity index (χ0v) is 33.0. The molecule has 6 aliphatic rings. The van der Waals surface area contributed by atoms with Crippen LogP contribution >= 0.6 is 0 Å². The van der Waals surface area contributed by atoms with Crippen LogP contribution in [-0.2, 0) is 86.0 Å². The predicted octanol–water partition coefficient (Wildman–Crippen LogP) is -3.51. The average Bonchev–Trinajstić information content (AvgIpc) is 3.00. The summed E-state index contributed by atoms with van der Waals surface area (Å²) in [5.41, 5.74) is 0. The third kappa shape index (κ3) is 27.0. The molecule has 6 saturated heterocycles. The monoisotopic (exact) mass is 1060 g/mol. The quantitative estimate of drug-likeness (QED) is 0.213. The molecule has 0 aromatic rings. The van der Waals surface area contributed by atoms with Gasteiger partial charge >= 0.3 is 133 Å². The summed E-state index contributed by atoms with van der Waals surface area (Å²) in [4.78, 5) is 0. The zero-order chi connectivity index (χ0) is 32.5. The summed E-state index contributed by atoms with van der Waals surface area (Å²) in [6.45, 7) is 12.4. The number of hydrogen-bond donors (Lipinski definition) is 0. The fourth-order valence-electron chi connectivity index (χ4n) is 2.19. The third-order valence-electron chi connectivity index (χ3n) is 3.75. The molecule has 0 unspecified atom stereocenters. The second-order valence-corrected chi connectivity index (χ2v) is 24.4. The number of rotatable bonds is 0. The number of hydrogen-bond acceptors (Lipinski definition) is 22. The van der Waals surface area contributed by atoms with Crippen LogP contribution in [-0.4, -0.2) is 190 Å².